The fraction of sp³-hybridized carbons (Fsp3) is 0.756. The number of nitrogens with one attached hydrogen (secondary N) is 1. The van der Waals surface area contributed by atoms with Gasteiger partial charge in [0.15, 0.2) is 5.78 Å². The zero-order chi connectivity index (χ0) is 41.8. The molecule has 1 saturated heterocycles. The number of likely N-dealkylation sites (N-methyl/N-ethyl adjacent to an activating group) is 2. The lowest BCUT2D eigenvalue weighted by molar-refractivity contribution is -0.149. The van der Waals surface area contributed by atoms with E-state index in [1.54, 1.807) is 33.2 Å². The Morgan fingerprint density at radius 2 is 1.51 bits per heavy atom. The van der Waals surface area contributed by atoms with Gasteiger partial charge < -0.3 is 24.6 Å². The lowest BCUT2D eigenvalue weighted by Gasteiger charge is -2.41. The highest BCUT2D eigenvalue weighted by Crippen LogP contribution is 2.33. The van der Waals surface area contributed by atoms with Crippen LogP contribution in [0.4, 0.5) is 0 Å². The molecule has 1 aromatic rings. The van der Waals surface area contributed by atoms with Gasteiger partial charge in [-0.25, -0.2) is 0 Å². The molecule has 312 valence electrons. The Morgan fingerprint density at radius 3 is 2.00 bits per heavy atom. The van der Waals surface area contributed by atoms with Gasteiger partial charge in [-0.2, -0.15) is 0 Å². The summed E-state index contributed by atoms with van der Waals surface area (Å²) in [6.45, 7) is 20.1. The molecule has 0 saturated carbocycles. The third kappa shape index (κ3) is 13.0. The van der Waals surface area contributed by atoms with Gasteiger partial charge in [-0.05, 0) is 49.6 Å². The fourth-order valence-electron chi connectivity index (χ4n) is 8.62. The van der Waals surface area contributed by atoms with Crippen LogP contribution in [0.3, 0.4) is 0 Å². The number of ketones is 3. The number of hydrogen-bond acceptors (Lipinski definition) is 8. The summed E-state index contributed by atoms with van der Waals surface area (Å²) in [4.78, 5) is 73.1. The molecule has 9 atom stereocenters. The molecule has 2 amide bonds. The largest absolute Gasteiger partial charge is 0.379 e. The second-order valence-electron chi connectivity index (χ2n) is 17.8. The highest BCUT2D eigenvalue weighted by atomic mass is 16.5. The molecule has 1 aliphatic heterocycles. The Kier molecular flexibility index (Phi) is 19.4. The predicted molar refractivity (Wildman–Crippen MR) is 219 cm³/mol. The number of likely N-dealkylation sites (tertiary alicyclic amines) is 1. The zero-order valence-electron chi connectivity index (χ0n) is 36.6. The summed E-state index contributed by atoms with van der Waals surface area (Å²) in [6.07, 6.45) is 1.86. The molecule has 1 heterocycles. The summed E-state index contributed by atoms with van der Waals surface area (Å²) in [5.41, 5.74) is 0.414. The van der Waals surface area contributed by atoms with Gasteiger partial charge >= 0.3 is 0 Å². The summed E-state index contributed by atoms with van der Waals surface area (Å²) < 4.78 is 12.1. The molecular formula is C45H75N3O7. The van der Waals surface area contributed by atoms with E-state index < -0.39 is 41.4 Å². The van der Waals surface area contributed by atoms with Crippen molar-refractivity contribution in [3.05, 3.63) is 35.9 Å². The second kappa shape index (κ2) is 22.1. The van der Waals surface area contributed by atoms with E-state index in [0.717, 1.165) is 18.4 Å². The average Bonchev–Trinajstić information content (AvgIpc) is 3.62. The van der Waals surface area contributed by atoms with E-state index in [9.17, 15) is 24.0 Å². The van der Waals surface area contributed by atoms with Gasteiger partial charge in [0.2, 0.25) is 11.8 Å². The predicted octanol–water partition coefficient (Wildman–Crippen LogP) is 6.82. The smallest absolute Gasteiger partial charge is 0.226 e. The maximum absolute atomic E-state index is 14.3. The molecule has 10 heteroatoms. The van der Waals surface area contributed by atoms with Crippen LogP contribution in [0.1, 0.15) is 113 Å². The van der Waals surface area contributed by atoms with Crippen molar-refractivity contribution in [2.45, 2.75) is 145 Å². The van der Waals surface area contributed by atoms with E-state index in [0.29, 0.717) is 19.4 Å². The normalized spacial score (nSPS) is 19.3. The Balaban J connectivity index is 2.31. The van der Waals surface area contributed by atoms with E-state index >= 15 is 0 Å². The van der Waals surface area contributed by atoms with E-state index in [2.05, 4.69) is 19.2 Å². The minimum atomic E-state index is -0.599. The number of amides is 2. The van der Waals surface area contributed by atoms with Crippen LogP contribution in [0.15, 0.2) is 30.3 Å². The molecule has 1 N–H and O–H groups in total. The molecule has 55 heavy (non-hydrogen) atoms. The number of carbonyl (C=O) groups is 5. The van der Waals surface area contributed by atoms with Crippen molar-refractivity contribution in [2.75, 3.05) is 34.9 Å². The lowest BCUT2D eigenvalue weighted by Crippen LogP contribution is -2.54. The quantitative estimate of drug-likeness (QED) is 0.129. The van der Waals surface area contributed by atoms with Crippen LogP contribution >= 0.6 is 0 Å². The van der Waals surface area contributed by atoms with Crippen LogP contribution in [0.25, 0.3) is 0 Å². The topological polar surface area (TPSA) is 122 Å². The molecule has 10 nitrogen and oxygen atoms in total. The summed E-state index contributed by atoms with van der Waals surface area (Å²) in [6, 6.07) is 8.73. The van der Waals surface area contributed by atoms with Crippen molar-refractivity contribution in [3.63, 3.8) is 0 Å². The van der Waals surface area contributed by atoms with Crippen LogP contribution in [0.2, 0.25) is 0 Å². The molecule has 0 bridgehead atoms. The summed E-state index contributed by atoms with van der Waals surface area (Å²) in [5, 5.41) is 3.12. The molecule has 1 aliphatic rings. The first-order valence-corrected chi connectivity index (χ1v) is 20.7. The first kappa shape index (κ1) is 48.2. The molecule has 0 aliphatic carbocycles. The molecule has 0 aromatic heterocycles. The summed E-state index contributed by atoms with van der Waals surface area (Å²) in [5.74, 6) is -1.70. The zero-order valence-corrected chi connectivity index (χ0v) is 36.6. The number of nitrogens with zero attached hydrogens (tertiary/aromatic N) is 2. The molecular weight excluding hydrogens is 695 g/mol. The second-order valence-corrected chi connectivity index (χ2v) is 17.8. The Labute approximate surface area is 333 Å². The third-order valence-electron chi connectivity index (χ3n) is 12.1. The number of ether oxygens (including phenoxy) is 2. The molecule has 2 rings (SSSR count). The molecule has 0 spiro atoms. The van der Waals surface area contributed by atoms with Crippen LogP contribution in [0.5, 0.6) is 0 Å². The first-order valence-electron chi connectivity index (χ1n) is 20.7. The first-order chi connectivity index (χ1) is 25.7. The van der Waals surface area contributed by atoms with Crippen LogP contribution in [-0.4, -0.2) is 104 Å². The monoisotopic (exact) mass is 770 g/mol. The minimum Gasteiger partial charge on any atom is -0.379 e. The van der Waals surface area contributed by atoms with Gasteiger partial charge in [-0.15, -0.1) is 0 Å². The number of Topliss-reactive ketones (excluding diaryl/α,β-unsaturated/α-hetero) is 3. The van der Waals surface area contributed by atoms with Gasteiger partial charge in [0, 0.05) is 63.8 Å². The van der Waals surface area contributed by atoms with Crippen molar-refractivity contribution in [1.82, 2.24) is 15.1 Å². The highest BCUT2D eigenvalue weighted by Gasteiger charge is 2.43. The van der Waals surface area contributed by atoms with E-state index in [-0.39, 0.29) is 78.3 Å². The van der Waals surface area contributed by atoms with Crippen molar-refractivity contribution in [1.29, 1.82) is 0 Å². The van der Waals surface area contributed by atoms with Crippen molar-refractivity contribution in [2.24, 2.45) is 40.9 Å². The van der Waals surface area contributed by atoms with E-state index in [4.69, 9.17) is 9.47 Å². The molecule has 9 unspecified atom stereocenters. The molecule has 1 aromatic carbocycles. The van der Waals surface area contributed by atoms with Gasteiger partial charge in [-0.3, -0.25) is 24.0 Å². The van der Waals surface area contributed by atoms with Gasteiger partial charge in [-0.1, -0.05) is 106 Å². The fourth-order valence-corrected chi connectivity index (χ4v) is 8.62. The Hall–Kier alpha value is -2.95. The Morgan fingerprint density at radius 1 is 0.891 bits per heavy atom. The third-order valence-corrected chi connectivity index (χ3v) is 12.1. The number of methoxy groups -OCH3 is 2. The Bertz CT molecular complexity index is 1390. The maximum Gasteiger partial charge on any atom is 0.226 e. The van der Waals surface area contributed by atoms with Crippen LogP contribution in [0, 0.1) is 40.9 Å². The lowest BCUT2D eigenvalue weighted by atomic mass is 9.76. The minimum absolute atomic E-state index is 0.00863. The highest BCUT2D eigenvalue weighted by molar-refractivity contribution is 5.92. The number of hydrogen-bond donors (Lipinski definition) is 1. The molecule has 0 radical (unpaired) electrons. The number of carbonyl (C=O) groups excluding carboxylic acids is 5. The summed E-state index contributed by atoms with van der Waals surface area (Å²) >= 11 is 0. The number of rotatable bonds is 23. The average molecular weight is 770 g/mol. The van der Waals surface area contributed by atoms with E-state index in [1.807, 2.05) is 90.6 Å². The number of benzene rings is 1. The SMILES string of the molecule is CCC(C)C(C(CC(=O)N1CCCC1C(OC)C(C)C(=O)CC(Cc1ccccc1)C(=O)C(C)(C)C)OC)N(C)C(=O)C(CC(=O)C(NC)C(C)C)C(C)C. The van der Waals surface area contributed by atoms with Gasteiger partial charge in [0.25, 0.3) is 0 Å². The molecule has 1 fully saturated rings. The van der Waals surface area contributed by atoms with Crippen molar-refractivity contribution < 1.29 is 33.4 Å². The van der Waals surface area contributed by atoms with E-state index in [1.165, 1.54) is 0 Å². The van der Waals surface area contributed by atoms with Crippen LogP contribution in [-0.2, 0) is 39.9 Å². The van der Waals surface area contributed by atoms with Crippen molar-refractivity contribution >= 4 is 29.2 Å². The van der Waals surface area contributed by atoms with Gasteiger partial charge in [0.1, 0.15) is 11.6 Å². The van der Waals surface area contributed by atoms with Crippen LogP contribution < -0.4 is 5.32 Å². The summed E-state index contributed by atoms with van der Waals surface area (Å²) in [7, 11) is 6.72. The van der Waals surface area contributed by atoms with Crippen molar-refractivity contribution in [3.8, 4) is 0 Å². The van der Waals surface area contributed by atoms with Gasteiger partial charge in [0.05, 0.1) is 36.8 Å². The maximum atomic E-state index is 14.3. The standard InChI is InChI=1S/C45H75N3O7/c1-15-30(6)41(47(12)44(53)34(28(2)3)26-37(50)40(46-11)29(4)5)38(54-13)27-39(51)48-23-19-22-35(48)42(55-14)31(7)36(49)25-33(43(52)45(8,9)10)24-32-20-17-16-18-21-32/h16-18,20-21,28-31,33-35,38,40-42,46H,15,19,22-27H2,1-14H3.